The zero-order chi connectivity index (χ0) is 19.0. The van der Waals surface area contributed by atoms with Gasteiger partial charge in [0.25, 0.3) is 11.8 Å². The molecule has 0 saturated carbocycles. The largest absolute Gasteiger partial charge is 0.339 e. The van der Waals surface area contributed by atoms with E-state index in [9.17, 15) is 14.4 Å². The lowest BCUT2D eigenvalue weighted by Gasteiger charge is -2.34. The summed E-state index contributed by atoms with van der Waals surface area (Å²) in [7, 11) is 0. The van der Waals surface area contributed by atoms with Crippen LogP contribution < -0.4 is 0 Å². The first-order valence-electron chi connectivity index (χ1n) is 8.89. The van der Waals surface area contributed by atoms with E-state index in [1.807, 2.05) is 12.3 Å². The summed E-state index contributed by atoms with van der Waals surface area (Å²) in [6, 6.07) is 6.69. The second-order valence-electron chi connectivity index (χ2n) is 6.78. The molecule has 2 aliphatic rings. The number of imide groups is 1. The van der Waals surface area contributed by atoms with E-state index in [1.165, 1.54) is 0 Å². The summed E-state index contributed by atoms with van der Waals surface area (Å²) in [6.45, 7) is 5.27. The number of carbonyl (C=O) groups excluding carboxylic acids is 3. The van der Waals surface area contributed by atoms with Crippen LogP contribution in [0.15, 0.2) is 29.6 Å². The molecule has 0 aliphatic carbocycles. The summed E-state index contributed by atoms with van der Waals surface area (Å²) in [5, 5.41) is 3.12. The SMILES string of the molecule is Cc1csc(CN2CCN(C(=O)CN3C(=O)c4ccccc4C3=O)CC2)n1. The predicted octanol–water partition coefficient (Wildman–Crippen LogP) is 1.39. The fourth-order valence-corrected chi connectivity index (χ4v) is 4.25. The average molecular weight is 384 g/mol. The van der Waals surface area contributed by atoms with Gasteiger partial charge in [-0.1, -0.05) is 12.1 Å². The van der Waals surface area contributed by atoms with E-state index in [2.05, 4.69) is 9.88 Å². The summed E-state index contributed by atoms with van der Waals surface area (Å²) in [5.74, 6) is -0.960. The highest BCUT2D eigenvalue weighted by atomic mass is 32.1. The molecule has 1 saturated heterocycles. The maximum atomic E-state index is 12.6. The van der Waals surface area contributed by atoms with E-state index in [-0.39, 0.29) is 24.3 Å². The van der Waals surface area contributed by atoms with Crippen molar-refractivity contribution in [1.29, 1.82) is 0 Å². The van der Waals surface area contributed by atoms with Crippen molar-refractivity contribution in [3.8, 4) is 0 Å². The number of hydrogen-bond acceptors (Lipinski definition) is 6. The molecule has 4 rings (SSSR count). The molecule has 0 bridgehead atoms. The minimum atomic E-state index is -0.387. The van der Waals surface area contributed by atoms with Gasteiger partial charge in [-0.15, -0.1) is 11.3 Å². The minimum absolute atomic E-state index is 0.186. The Kier molecular flexibility index (Phi) is 4.75. The molecule has 7 nitrogen and oxygen atoms in total. The molecule has 2 aromatic rings. The van der Waals surface area contributed by atoms with Crippen LogP contribution in [-0.2, 0) is 11.3 Å². The third-order valence-electron chi connectivity index (χ3n) is 4.92. The number of fused-ring (bicyclic) bond motifs is 1. The Morgan fingerprint density at radius 3 is 2.26 bits per heavy atom. The van der Waals surface area contributed by atoms with Crippen LogP contribution in [0.3, 0.4) is 0 Å². The number of aryl methyl sites for hydroxylation is 1. The van der Waals surface area contributed by atoms with E-state index >= 15 is 0 Å². The van der Waals surface area contributed by atoms with Crippen molar-refractivity contribution < 1.29 is 14.4 Å². The molecule has 27 heavy (non-hydrogen) atoms. The topological polar surface area (TPSA) is 73.8 Å². The molecular weight excluding hydrogens is 364 g/mol. The van der Waals surface area contributed by atoms with Gasteiger partial charge < -0.3 is 4.90 Å². The monoisotopic (exact) mass is 384 g/mol. The Labute approximate surface area is 161 Å². The third-order valence-corrected chi connectivity index (χ3v) is 5.87. The van der Waals surface area contributed by atoms with Crippen LogP contribution in [0.2, 0.25) is 0 Å². The first-order chi connectivity index (χ1) is 13.0. The first-order valence-corrected chi connectivity index (χ1v) is 9.77. The number of carbonyl (C=O) groups is 3. The van der Waals surface area contributed by atoms with Gasteiger partial charge in [0.1, 0.15) is 11.6 Å². The van der Waals surface area contributed by atoms with Crippen molar-refractivity contribution in [2.24, 2.45) is 0 Å². The van der Waals surface area contributed by atoms with Crippen molar-refractivity contribution >= 4 is 29.1 Å². The number of rotatable bonds is 4. The summed E-state index contributed by atoms with van der Waals surface area (Å²) in [5.41, 5.74) is 1.78. The van der Waals surface area contributed by atoms with Crippen LogP contribution in [0.25, 0.3) is 0 Å². The molecular formula is C19H20N4O3S. The standard InChI is InChI=1S/C19H20N4O3S/c1-13-12-27-16(20-13)10-21-6-8-22(9-7-21)17(24)11-23-18(25)14-4-2-3-5-15(14)19(23)26/h2-5,12H,6-11H2,1H3. The molecule has 1 fully saturated rings. The lowest BCUT2D eigenvalue weighted by Crippen LogP contribution is -2.51. The number of aromatic nitrogens is 1. The molecule has 0 spiro atoms. The van der Waals surface area contributed by atoms with Crippen molar-refractivity contribution in [2.45, 2.75) is 13.5 Å². The summed E-state index contributed by atoms with van der Waals surface area (Å²) >= 11 is 1.65. The number of hydrogen-bond donors (Lipinski definition) is 0. The average Bonchev–Trinajstić information content (AvgIpc) is 3.19. The van der Waals surface area contributed by atoms with Gasteiger partial charge in [-0.2, -0.15) is 0 Å². The zero-order valence-electron chi connectivity index (χ0n) is 15.1. The highest BCUT2D eigenvalue weighted by molar-refractivity contribution is 7.09. The fourth-order valence-electron chi connectivity index (χ4n) is 3.44. The second-order valence-corrected chi connectivity index (χ2v) is 7.72. The lowest BCUT2D eigenvalue weighted by atomic mass is 10.1. The highest BCUT2D eigenvalue weighted by Crippen LogP contribution is 2.22. The molecule has 0 radical (unpaired) electrons. The smallest absolute Gasteiger partial charge is 0.262 e. The van der Waals surface area contributed by atoms with Gasteiger partial charge in [0, 0.05) is 37.3 Å². The third kappa shape index (κ3) is 3.50. The van der Waals surface area contributed by atoms with Crippen LogP contribution in [-0.4, -0.2) is 70.1 Å². The molecule has 2 aliphatic heterocycles. The Morgan fingerprint density at radius 1 is 1.07 bits per heavy atom. The van der Waals surface area contributed by atoms with Crippen LogP contribution in [0, 0.1) is 6.92 Å². The Balaban J connectivity index is 1.32. The van der Waals surface area contributed by atoms with E-state index in [4.69, 9.17) is 0 Å². The van der Waals surface area contributed by atoms with Gasteiger partial charge in [-0.25, -0.2) is 4.98 Å². The van der Waals surface area contributed by atoms with Gasteiger partial charge in [-0.3, -0.25) is 24.2 Å². The van der Waals surface area contributed by atoms with Crippen molar-refractivity contribution in [3.05, 3.63) is 51.5 Å². The molecule has 140 valence electrons. The number of nitrogens with zero attached hydrogens (tertiary/aromatic N) is 4. The van der Waals surface area contributed by atoms with Gasteiger partial charge >= 0.3 is 0 Å². The lowest BCUT2D eigenvalue weighted by molar-refractivity contribution is -0.133. The van der Waals surface area contributed by atoms with Crippen molar-refractivity contribution in [2.75, 3.05) is 32.7 Å². The van der Waals surface area contributed by atoms with Crippen molar-refractivity contribution in [3.63, 3.8) is 0 Å². The minimum Gasteiger partial charge on any atom is -0.339 e. The Morgan fingerprint density at radius 2 is 1.70 bits per heavy atom. The molecule has 3 heterocycles. The van der Waals surface area contributed by atoms with Crippen LogP contribution in [0.4, 0.5) is 0 Å². The van der Waals surface area contributed by atoms with E-state index in [0.717, 1.165) is 35.2 Å². The van der Waals surface area contributed by atoms with Crippen molar-refractivity contribution in [1.82, 2.24) is 19.7 Å². The van der Waals surface area contributed by atoms with Crippen LogP contribution >= 0.6 is 11.3 Å². The van der Waals surface area contributed by atoms with E-state index < -0.39 is 0 Å². The molecule has 0 atom stereocenters. The fraction of sp³-hybridized carbons (Fsp3) is 0.368. The Bertz CT molecular complexity index is 867. The van der Waals surface area contributed by atoms with Gasteiger partial charge in [-0.05, 0) is 19.1 Å². The molecule has 3 amide bonds. The van der Waals surface area contributed by atoms with E-state index in [0.29, 0.717) is 24.2 Å². The maximum absolute atomic E-state index is 12.6. The zero-order valence-corrected chi connectivity index (χ0v) is 15.9. The maximum Gasteiger partial charge on any atom is 0.262 e. The summed E-state index contributed by atoms with van der Waals surface area (Å²) in [4.78, 5) is 47.0. The second kappa shape index (κ2) is 7.21. The molecule has 1 aromatic heterocycles. The highest BCUT2D eigenvalue weighted by Gasteiger charge is 2.37. The predicted molar refractivity (Wildman–Crippen MR) is 101 cm³/mol. The normalized spacial score (nSPS) is 17.5. The molecule has 0 N–H and O–H groups in total. The molecule has 8 heteroatoms. The number of amides is 3. The summed E-state index contributed by atoms with van der Waals surface area (Å²) in [6.07, 6.45) is 0. The first kappa shape index (κ1) is 17.8. The number of benzene rings is 1. The summed E-state index contributed by atoms with van der Waals surface area (Å²) < 4.78 is 0. The molecule has 0 unspecified atom stereocenters. The number of piperazine rings is 1. The Hall–Kier alpha value is -2.58. The number of thiazole rings is 1. The quantitative estimate of drug-likeness (QED) is 0.745. The van der Waals surface area contributed by atoms with Gasteiger partial charge in [0.2, 0.25) is 5.91 Å². The van der Waals surface area contributed by atoms with E-state index in [1.54, 1.807) is 40.5 Å². The van der Waals surface area contributed by atoms with Gasteiger partial charge in [0.15, 0.2) is 0 Å². The van der Waals surface area contributed by atoms with Gasteiger partial charge in [0.05, 0.1) is 17.7 Å². The molecule has 1 aromatic carbocycles. The van der Waals surface area contributed by atoms with Crippen LogP contribution in [0.1, 0.15) is 31.4 Å². The van der Waals surface area contributed by atoms with Crippen LogP contribution in [0.5, 0.6) is 0 Å².